The molecule has 0 aromatic heterocycles. The smallest absolute Gasteiger partial charge is 0.315 e. The minimum absolute atomic E-state index is 0.168. The molecular formula is C17H19BrN2O2. The Hall–Kier alpha value is -2.01. The summed E-state index contributed by atoms with van der Waals surface area (Å²) in [7, 11) is 1.65. The zero-order valence-corrected chi connectivity index (χ0v) is 14.0. The van der Waals surface area contributed by atoms with E-state index in [9.17, 15) is 4.79 Å². The monoisotopic (exact) mass is 362 g/mol. The topological polar surface area (TPSA) is 50.4 Å². The van der Waals surface area contributed by atoms with Gasteiger partial charge in [0.15, 0.2) is 0 Å². The molecular weight excluding hydrogens is 344 g/mol. The summed E-state index contributed by atoms with van der Waals surface area (Å²) >= 11 is 3.46. The van der Waals surface area contributed by atoms with Crippen LogP contribution in [0.4, 0.5) is 4.79 Å². The molecule has 0 aliphatic heterocycles. The van der Waals surface area contributed by atoms with Gasteiger partial charge in [0, 0.05) is 17.6 Å². The van der Waals surface area contributed by atoms with Gasteiger partial charge in [0.05, 0.1) is 7.11 Å². The largest absolute Gasteiger partial charge is 0.497 e. The van der Waals surface area contributed by atoms with E-state index in [4.69, 9.17) is 4.74 Å². The van der Waals surface area contributed by atoms with Crippen molar-refractivity contribution in [2.75, 3.05) is 13.7 Å². The third kappa shape index (κ3) is 5.07. The second-order valence-corrected chi connectivity index (χ2v) is 5.66. The number of hydrogen-bond acceptors (Lipinski definition) is 2. The number of benzene rings is 2. The zero-order chi connectivity index (χ0) is 15.8. The number of carbonyl (C=O) groups is 1. The average Bonchev–Trinajstić information content (AvgIpc) is 2.54. The third-order valence-corrected chi connectivity index (χ3v) is 4.00. The van der Waals surface area contributed by atoms with Gasteiger partial charge in [0.1, 0.15) is 5.75 Å². The summed E-state index contributed by atoms with van der Waals surface area (Å²) < 4.78 is 6.17. The van der Waals surface area contributed by atoms with Crippen LogP contribution in [0.1, 0.15) is 11.1 Å². The average molecular weight is 363 g/mol. The number of carbonyl (C=O) groups excluding carboxylic acids is 1. The first-order chi connectivity index (χ1) is 10.7. The van der Waals surface area contributed by atoms with Crippen molar-refractivity contribution in [3.8, 4) is 5.75 Å². The van der Waals surface area contributed by atoms with E-state index >= 15 is 0 Å². The third-order valence-electron chi connectivity index (χ3n) is 3.23. The van der Waals surface area contributed by atoms with E-state index in [1.54, 1.807) is 7.11 Å². The van der Waals surface area contributed by atoms with Crippen LogP contribution >= 0.6 is 15.9 Å². The zero-order valence-electron chi connectivity index (χ0n) is 12.4. The van der Waals surface area contributed by atoms with Gasteiger partial charge < -0.3 is 15.4 Å². The Morgan fingerprint density at radius 3 is 2.73 bits per heavy atom. The predicted molar refractivity (Wildman–Crippen MR) is 91.1 cm³/mol. The van der Waals surface area contributed by atoms with Crippen molar-refractivity contribution in [2.24, 2.45) is 0 Å². The molecule has 0 saturated heterocycles. The molecule has 0 radical (unpaired) electrons. The highest BCUT2D eigenvalue weighted by Gasteiger charge is 2.03. The maximum atomic E-state index is 11.8. The lowest BCUT2D eigenvalue weighted by atomic mass is 10.1. The highest BCUT2D eigenvalue weighted by atomic mass is 79.9. The molecule has 0 aliphatic carbocycles. The maximum absolute atomic E-state index is 11.8. The van der Waals surface area contributed by atoms with E-state index in [0.29, 0.717) is 13.1 Å². The lowest BCUT2D eigenvalue weighted by Crippen LogP contribution is -2.36. The van der Waals surface area contributed by atoms with Crippen molar-refractivity contribution in [1.82, 2.24) is 10.6 Å². The van der Waals surface area contributed by atoms with Gasteiger partial charge in [-0.05, 0) is 35.7 Å². The second kappa shape index (κ2) is 8.44. The van der Waals surface area contributed by atoms with Gasteiger partial charge in [-0.3, -0.25) is 0 Å². The molecule has 2 rings (SSSR count). The molecule has 0 heterocycles. The van der Waals surface area contributed by atoms with Gasteiger partial charge >= 0.3 is 6.03 Å². The van der Waals surface area contributed by atoms with Gasteiger partial charge in [-0.2, -0.15) is 0 Å². The number of nitrogens with one attached hydrogen (secondary N) is 2. The number of hydrogen-bond donors (Lipinski definition) is 2. The van der Waals surface area contributed by atoms with Crippen LogP contribution in [0.5, 0.6) is 5.75 Å². The van der Waals surface area contributed by atoms with Crippen molar-refractivity contribution < 1.29 is 9.53 Å². The number of halogens is 1. The molecule has 0 spiro atoms. The molecule has 5 heteroatoms. The Balaban J connectivity index is 1.72. The van der Waals surface area contributed by atoms with E-state index in [1.807, 2.05) is 48.5 Å². The maximum Gasteiger partial charge on any atom is 0.315 e. The fraction of sp³-hybridized carbons (Fsp3) is 0.235. The quantitative estimate of drug-likeness (QED) is 0.826. The van der Waals surface area contributed by atoms with Crippen molar-refractivity contribution in [3.05, 3.63) is 64.1 Å². The molecule has 2 aromatic rings. The van der Waals surface area contributed by atoms with Crippen molar-refractivity contribution in [2.45, 2.75) is 13.0 Å². The highest BCUT2D eigenvalue weighted by Crippen LogP contribution is 2.15. The molecule has 0 atom stereocenters. The van der Waals surface area contributed by atoms with Crippen molar-refractivity contribution >= 4 is 22.0 Å². The minimum atomic E-state index is -0.168. The first-order valence-electron chi connectivity index (χ1n) is 7.07. The normalized spacial score (nSPS) is 10.1. The molecule has 0 aliphatic rings. The Morgan fingerprint density at radius 2 is 1.95 bits per heavy atom. The summed E-state index contributed by atoms with van der Waals surface area (Å²) in [6.45, 7) is 1.07. The number of rotatable bonds is 6. The summed E-state index contributed by atoms with van der Waals surface area (Å²) in [4.78, 5) is 11.8. The number of urea groups is 1. The standard InChI is InChI=1S/C17H19BrN2O2/c1-22-15-7-4-5-13(11-15)9-10-19-17(21)20-12-14-6-2-3-8-16(14)18/h2-8,11H,9-10,12H2,1H3,(H2,19,20,21). The van der Waals surface area contributed by atoms with E-state index in [0.717, 1.165) is 27.8 Å². The molecule has 2 N–H and O–H groups in total. The first kappa shape index (κ1) is 16.4. The summed E-state index contributed by atoms with van der Waals surface area (Å²) in [5, 5.41) is 5.70. The summed E-state index contributed by atoms with van der Waals surface area (Å²) in [6, 6.07) is 15.5. The number of methoxy groups -OCH3 is 1. The van der Waals surface area contributed by atoms with Crippen LogP contribution in [-0.4, -0.2) is 19.7 Å². The van der Waals surface area contributed by atoms with Gasteiger partial charge in [-0.15, -0.1) is 0 Å². The van der Waals surface area contributed by atoms with Crippen molar-refractivity contribution in [1.29, 1.82) is 0 Å². The lowest BCUT2D eigenvalue weighted by molar-refractivity contribution is 0.240. The van der Waals surface area contributed by atoms with E-state index in [2.05, 4.69) is 26.6 Å². The Kier molecular flexibility index (Phi) is 6.27. The van der Waals surface area contributed by atoms with Crippen LogP contribution in [0.15, 0.2) is 53.0 Å². The number of amides is 2. The van der Waals surface area contributed by atoms with Crippen LogP contribution in [0, 0.1) is 0 Å². The van der Waals surface area contributed by atoms with Crippen LogP contribution in [0.2, 0.25) is 0 Å². The predicted octanol–water partition coefficient (Wildman–Crippen LogP) is 3.50. The van der Waals surface area contributed by atoms with Crippen LogP contribution in [0.25, 0.3) is 0 Å². The summed E-state index contributed by atoms with van der Waals surface area (Å²) in [6.07, 6.45) is 0.764. The molecule has 4 nitrogen and oxygen atoms in total. The molecule has 22 heavy (non-hydrogen) atoms. The highest BCUT2D eigenvalue weighted by molar-refractivity contribution is 9.10. The summed E-state index contributed by atoms with van der Waals surface area (Å²) in [5.41, 5.74) is 2.18. The molecule has 2 aromatic carbocycles. The number of ether oxygens (including phenoxy) is 1. The van der Waals surface area contributed by atoms with Gasteiger partial charge in [0.25, 0.3) is 0 Å². The molecule has 0 fully saturated rings. The lowest BCUT2D eigenvalue weighted by Gasteiger charge is -2.09. The summed E-state index contributed by atoms with van der Waals surface area (Å²) in [5.74, 6) is 0.830. The Bertz CT molecular complexity index is 632. The van der Waals surface area contributed by atoms with Crippen LogP contribution in [-0.2, 0) is 13.0 Å². The van der Waals surface area contributed by atoms with E-state index < -0.39 is 0 Å². The molecule has 116 valence electrons. The Labute approximate surface area is 139 Å². The SMILES string of the molecule is COc1cccc(CCNC(=O)NCc2ccccc2Br)c1. The van der Waals surface area contributed by atoms with Gasteiger partial charge in [-0.25, -0.2) is 4.79 Å². The minimum Gasteiger partial charge on any atom is -0.497 e. The van der Waals surface area contributed by atoms with Crippen LogP contribution < -0.4 is 15.4 Å². The molecule has 2 amide bonds. The fourth-order valence-electron chi connectivity index (χ4n) is 2.03. The van der Waals surface area contributed by atoms with Crippen LogP contribution in [0.3, 0.4) is 0 Å². The Morgan fingerprint density at radius 1 is 1.14 bits per heavy atom. The van der Waals surface area contributed by atoms with E-state index in [-0.39, 0.29) is 6.03 Å². The van der Waals surface area contributed by atoms with Gasteiger partial charge in [0.2, 0.25) is 0 Å². The van der Waals surface area contributed by atoms with E-state index in [1.165, 1.54) is 0 Å². The fourth-order valence-corrected chi connectivity index (χ4v) is 2.45. The van der Waals surface area contributed by atoms with Gasteiger partial charge in [-0.1, -0.05) is 46.3 Å². The molecule has 0 saturated carbocycles. The first-order valence-corrected chi connectivity index (χ1v) is 7.86. The second-order valence-electron chi connectivity index (χ2n) is 4.80. The molecule has 0 unspecified atom stereocenters. The molecule has 0 bridgehead atoms. The van der Waals surface area contributed by atoms with Crippen molar-refractivity contribution in [3.63, 3.8) is 0 Å².